The van der Waals surface area contributed by atoms with Crippen molar-refractivity contribution in [1.82, 2.24) is 10.2 Å². The van der Waals surface area contributed by atoms with Crippen molar-refractivity contribution in [3.63, 3.8) is 0 Å². The van der Waals surface area contributed by atoms with Gasteiger partial charge in [-0.2, -0.15) is 0 Å². The van der Waals surface area contributed by atoms with Crippen LogP contribution < -0.4 is 10.2 Å². The molecule has 0 aromatic heterocycles. The molecule has 18 heavy (non-hydrogen) atoms. The number of nitrogens with one attached hydrogen (secondary N) is 1. The Morgan fingerprint density at radius 2 is 1.94 bits per heavy atom. The quantitative estimate of drug-likeness (QED) is 0.853. The summed E-state index contributed by atoms with van der Waals surface area (Å²) in [5.41, 5.74) is 3.60. The van der Waals surface area contributed by atoms with Crippen LogP contribution in [0.25, 0.3) is 0 Å². The third-order valence-corrected chi connectivity index (χ3v) is 3.01. The number of hydrogen-bond acceptors (Lipinski definition) is 3. The molecule has 0 heterocycles. The molecule has 0 aliphatic rings. The summed E-state index contributed by atoms with van der Waals surface area (Å²) in [6.07, 6.45) is 0. The molecule has 0 radical (unpaired) electrons. The number of likely N-dealkylation sites (N-methyl/N-ethyl adjacent to an activating group) is 2. The van der Waals surface area contributed by atoms with Crippen molar-refractivity contribution in [3.8, 4) is 0 Å². The van der Waals surface area contributed by atoms with Gasteiger partial charge in [-0.1, -0.05) is 6.07 Å². The number of amides is 1. The normalized spacial score (nSPS) is 10.3. The van der Waals surface area contributed by atoms with Gasteiger partial charge in [0.05, 0.1) is 6.54 Å². The molecule has 0 atom stereocenters. The standard InChI is InChI=1S/C14H23N3O/c1-11-8-13(7-6-12(11)9-15-2)17(5)10-14(18)16(3)4/h6-8,15H,9-10H2,1-5H3. The second-order valence-corrected chi connectivity index (χ2v) is 4.79. The van der Waals surface area contributed by atoms with Crippen molar-refractivity contribution in [2.75, 3.05) is 39.6 Å². The molecule has 1 N–H and O–H groups in total. The molecule has 1 rings (SSSR count). The van der Waals surface area contributed by atoms with E-state index < -0.39 is 0 Å². The first-order valence-electron chi connectivity index (χ1n) is 6.11. The van der Waals surface area contributed by atoms with Crippen molar-refractivity contribution >= 4 is 11.6 Å². The number of anilines is 1. The minimum atomic E-state index is 0.106. The van der Waals surface area contributed by atoms with Crippen LogP contribution in [0, 0.1) is 6.92 Å². The van der Waals surface area contributed by atoms with Crippen LogP contribution >= 0.6 is 0 Å². The van der Waals surface area contributed by atoms with Crippen LogP contribution in [0.3, 0.4) is 0 Å². The zero-order chi connectivity index (χ0) is 13.7. The number of benzene rings is 1. The molecule has 4 nitrogen and oxygen atoms in total. The first-order chi connectivity index (χ1) is 8.45. The Morgan fingerprint density at radius 3 is 2.44 bits per heavy atom. The minimum Gasteiger partial charge on any atom is -0.365 e. The lowest BCUT2D eigenvalue weighted by Gasteiger charge is -2.22. The third kappa shape index (κ3) is 3.74. The van der Waals surface area contributed by atoms with Crippen molar-refractivity contribution in [1.29, 1.82) is 0 Å². The van der Waals surface area contributed by atoms with E-state index in [-0.39, 0.29) is 5.91 Å². The molecule has 1 aromatic carbocycles. The summed E-state index contributed by atoms with van der Waals surface area (Å²) < 4.78 is 0. The summed E-state index contributed by atoms with van der Waals surface area (Å²) in [4.78, 5) is 15.2. The predicted octanol–water partition coefficient (Wildman–Crippen LogP) is 1.24. The Labute approximate surface area is 110 Å². The van der Waals surface area contributed by atoms with E-state index >= 15 is 0 Å². The molecule has 0 spiro atoms. The van der Waals surface area contributed by atoms with Crippen molar-refractivity contribution < 1.29 is 4.79 Å². The average molecular weight is 249 g/mol. The first kappa shape index (κ1) is 14.5. The Hall–Kier alpha value is -1.55. The number of hydrogen-bond donors (Lipinski definition) is 1. The lowest BCUT2D eigenvalue weighted by molar-refractivity contribution is -0.127. The highest BCUT2D eigenvalue weighted by atomic mass is 16.2. The lowest BCUT2D eigenvalue weighted by atomic mass is 10.1. The fraction of sp³-hybridized carbons (Fsp3) is 0.500. The van der Waals surface area contributed by atoms with Crippen LogP contribution in [0.1, 0.15) is 11.1 Å². The van der Waals surface area contributed by atoms with Crippen LogP contribution in [-0.4, -0.2) is 45.5 Å². The van der Waals surface area contributed by atoms with Crippen LogP contribution in [0.5, 0.6) is 0 Å². The summed E-state index contributed by atoms with van der Waals surface area (Å²) in [6.45, 7) is 3.36. The van der Waals surface area contributed by atoms with Crippen LogP contribution in [0.4, 0.5) is 5.69 Å². The second-order valence-electron chi connectivity index (χ2n) is 4.79. The van der Waals surface area contributed by atoms with E-state index in [1.807, 2.05) is 19.0 Å². The minimum absolute atomic E-state index is 0.106. The average Bonchev–Trinajstić information content (AvgIpc) is 2.31. The molecular formula is C14H23N3O. The van der Waals surface area contributed by atoms with Gasteiger partial charge < -0.3 is 15.1 Å². The zero-order valence-corrected chi connectivity index (χ0v) is 11.9. The Bertz CT molecular complexity index is 416. The van der Waals surface area contributed by atoms with E-state index in [0.29, 0.717) is 6.54 Å². The van der Waals surface area contributed by atoms with Crippen molar-refractivity contribution in [3.05, 3.63) is 29.3 Å². The van der Waals surface area contributed by atoms with E-state index in [1.54, 1.807) is 19.0 Å². The summed E-state index contributed by atoms with van der Waals surface area (Å²) in [5, 5.41) is 3.15. The summed E-state index contributed by atoms with van der Waals surface area (Å²) in [5.74, 6) is 0.106. The van der Waals surface area contributed by atoms with E-state index in [4.69, 9.17) is 0 Å². The molecule has 0 unspecified atom stereocenters. The number of carbonyl (C=O) groups excluding carboxylic acids is 1. The van der Waals surface area contributed by atoms with Gasteiger partial charge in [-0.3, -0.25) is 4.79 Å². The molecule has 0 saturated heterocycles. The van der Waals surface area contributed by atoms with Gasteiger partial charge in [-0.15, -0.1) is 0 Å². The van der Waals surface area contributed by atoms with Gasteiger partial charge in [0.1, 0.15) is 0 Å². The van der Waals surface area contributed by atoms with Gasteiger partial charge in [-0.25, -0.2) is 0 Å². The summed E-state index contributed by atoms with van der Waals surface area (Å²) in [7, 11) is 7.43. The second kappa shape index (κ2) is 6.40. The Kier molecular flexibility index (Phi) is 5.16. The maximum Gasteiger partial charge on any atom is 0.241 e. The van der Waals surface area contributed by atoms with Gasteiger partial charge in [0, 0.05) is 33.4 Å². The van der Waals surface area contributed by atoms with Gasteiger partial charge in [0.15, 0.2) is 0 Å². The maximum absolute atomic E-state index is 11.7. The molecule has 0 aliphatic carbocycles. The Morgan fingerprint density at radius 1 is 1.28 bits per heavy atom. The van der Waals surface area contributed by atoms with Crippen molar-refractivity contribution in [2.45, 2.75) is 13.5 Å². The largest absolute Gasteiger partial charge is 0.365 e. The van der Waals surface area contributed by atoms with Gasteiger partial charge in [0.2, 0.25) is 5.91 Å². The highest BCUT2D eigenvalue weighted by molar-refractivity contribution is 5.80. The van der Waals surface area contributed by atoms with Gasteiger partial charge >= 0.3 is 0 Å². The highest BCUT2D eigenvalue weighted by Gasteiger charge is 2.10. The van der Waals surface area contributed by atoms with Gasteiger partial charge in [0.25, 0.3) is 0 Å². The lowest BCUT2D eigenvalue weighted by Crippen LogP contribution is -2.34. The maximum atomic E-state index is 11.7. The monoisotopic (exact) mass is 249 g/mol. The van der Waals surface area contributed by atoms with Crippen LogP contribution in [0.2, 0.25) is 0 Å². The summed E-state index contributed by atoms with van der Waals surface area (Å²) in [6, 6.07) is 6.29. The molecule has 0 fully saturated rings. The molecule has 1 aromatic rings. The predicted molar refractivity (Wildman–Crippen MR) is 75.9 cm³/mol. The number of aryl methyl sites for hydroxylation is 1. The molecule has 1 amide bonds. The third-order valence-electron chi connectivity index (χ3n) is 3.01. The van der Waals surface area contributed by atoms with E-state index in [2.05, 4.69) is 30.4 Å². The Balaban J connectivity index is 2.78. The number of nitrogens with zero attached hydrogens (tertiary/aromatic N) is 2. The zero-order valence-electron chi connectivity index (χ0n) is 11.9. The molecule has 100 valence electrons. The topological polar surface area (TPSA) is 35.6 Å². The number of rotatable bonds is 5. The van der Waals surface area contributed by atoms with E-state index in [9.17, 15) is 4.79 Å². The van der Waals surface area contributed by atoms with Gasteiger partial charge in [-0.05, 0) is 37.2 Å². The van der Waals surface area contributed by atoms with Crippen molar-refractivity contribution in [2.24, 2.45) is 0 Å². The molecule has 0 bridgehead atoms. The number of carbonyl (C=O) groups is 1. The highest BCUT2D eigenvalue weighted by Crippen LogP contribution is 2.18. The molecular weight excluding hydrogens is 226 g/mol. The van der Waals surface area contributed by atoms with Crippen LogP contribution in [0.15, 0.2) is 18.2 Å². The molecule has 0 saturated carbocycles. The fourth-order valence-electron chi connectivity index (χ4n) is 1.74. The SMILES string of the molecule is CNCc1ccc(N(C)CC(=O)N(C)C)cc1C. The summed E-state index contributed by atoms with van der Waals surface area (Å²) >= 11 is 0. The smallest absolute Gasteiger partial charge is 0.241 e. The van der Waals surface area contributed by atoms with E-state index in [0.717, 1.165) is 12.2 Å². The fourth-order valence-corrected chi connectivity index (χ4v) is 1.74. The first-order valence-corrected chi connectivity index (χ1v) is 6.11. The molecule has 0 aliphatic heterocycles. The molecule has 4 heteroatoms. The van der Waals surface area contributed by atoms with E-state index in [1.165, 1.54) is 11.1 Å². The van der Waals surface area contributed by atoms with Crippen LogP contribution in [-0.2, 0) is 11.3 Å².